The number of aliphatic hydroxyl groups excluding tert-OH is 1. The van der Waals surface area contributed by atoms with Crippen molar-refractivity contribution in [3.63, 3.8) is 0 Å². The summed E-state index contributed by atoms with van der Waals surface area (Å²) in [5, 5.41) is 13.1. The third-order valence-corrected chi connectivity index (χ3v) is 5.37. The molecular formula is C20H30N2O2. The number of amides is 1. The van der Waals surface area contributed by atoms with Gasteiger partial charge >= 0.3 is 0 Å². The summed E-state index contributed by atoms with van der Waals surface area (Å²) in [6.45, 7) is 1.24. The second-order valence-corrected chi connectivity index (χ2v) is 7.38. The molecule has 0 heterocycles. The monoisotopic (exact) mass is 330 g/mol. The predicted octanol–water partition coefficient (Wildman–Crippen LogP) is 2.71. The zero-order chi connectivity index (χ0) is 16.8. The Kier molecular flexibility index (Phi) is 6.27. The molecule has 0 spiro atoms. The Balaban J connectivity index is 1.61. The first-order valence-electron chi connectivity index (χ1n) is 9.44. The maximum atomic E-state index is 12.5. The Morgan fingerprint density at radius 1 is 1.12 bits per heavy atom. The first-order chi connectivity index (χ1) is 11.8. The van der Waals surface area contributed by atoms with E-state index in [4.69, 9.17) is 0 Å². The van der Waals surface area contributed by atoms with Gasteiger partial charge in [-0.1, -0.05) is 49.6 Å². The lowest BCUT2D eigenvalue weighted by molar-refractivity contribution is -0.124. The minimum atomic E-state index is 0.0994. The van der Waals surface area contributed by atoms with Gasteiger partial charge in [0.05, 0.1) is 13.2 Å². The molecule has 0 bridgehead atoms. The van der Waals surface area contributed by atoms with Gasteiger partial charge in [0.15, 0.2) is 0 Å². The van der Waals surface area contributed by atoms with E-state index < -0.39 is 0 Å². The molecule has 4 heteroatoms. The second kappa shape index (κ2) is 8.63. The molecule has 1 aromatic rings. The third kappa shape index (κ3) is 5.05. The van der Waals surface area contributed by atoms with Crippen LogP contribution in [-0.4, -0.2) is 41.1 Å². The second-order valence-electron chi connectivity index (χ2n) is 7.38. The van der Waals surface area contributed by atoms with E-state index in [1.165, 1.54) is 37.7 Å². The molecule has 4 nitrogen and oxygen atoms in total. The average Bonchev–Trinajstić information content (AvgIpc) is 3.42. The van der Waals surface area contributed by atoms with Crippen LogP contribution >= 0.6 is 0 Å². The van der Waals surface area contributed by atoms with Gasteiger partial charge in [-0.15, -0.1) is 0 Å². The maximum Gasteiger partial charge on any atom is 0.234 e. The Bertz CT molecular complexity index is 510. The van der Waals surface area contributed by atoms with E-state index in [9.17, 15) is 9.90 Å². The fourth-order valence-electron chi connectivity index (χ4n) is 3.86. The van der Waals surface area contributed by atoms with Gasteiger partial charge in [-0.3, -0.25) is 9.69 Å². The molecule has 2 aliphatic rings. The number of benzene rings is 1. The highest BCUT2D eigenvalue weighted by Crippen LogP contribution is 2.35. The minimum absolute atomic E-state index is 0.0994. The van der Waals surface area contributed by atoms with Gasteiger partial charge in [-0.05, 0) is 37.2 Å². The van der Waals surface area contributed by atoms with Crippen molar-refractivity contribution in [1.29, 1.82) is 0 Å². The lowest BCUT2D eigenvalue weighted by Crippen LogP contribution is -2.47. The predicted molar refractivity (Wildman–Crippen MR) is 95.5 cm³/mol. The molecule has 132 valence electrons. The van der Waals surface area contributed by atoms with Crippen molar-refractivity contribution >= 4 is 5.91 Å². The van der Waals surface area contributed by atoms with Gasteiger partial charge in [-0.25, -0.2) is 0 Å². The van der Waals surface area contributed by atoms with Crippen LogP contribution in [0.1, 0.15) is 50.5 Å². The highest BCUT2D eigenvalue weighted by atomic mass is 16.3. The van der Waals surface area contributed by atoms with Crippen molar-refractivity contribution in [3.05, 3.63) is 35.9 Å². The quantitative estimate of drug-likeness (QED) is 0.770. The van der Waals surface area contributed by atoms with Gasteiger partial charge in [0.1, 0.15) is 0 Å². The summed E-state index contributed by atoms with van der Waals surface area (Å²) >= 11 is 0. The SMILES string of the molecule is O=C(CN(Cc1ccccc1)C(CO)C1CC1)NC1CCCCC1. The van der Waals surface area contributed by atoms with E-state index in [1.54, 1.807) is 0 Å². The topological polar surface area (TPSA) is 52.6 Å². The van der Waals surface area contributed by atoms with Crippen molar-refractivity contribution in [2.75, 3.05) is 13.2 Å². The van der Waals surface area contributed by atoms with Gasteiger partial charge in [0.2, 0.25) is 5.91 Å². The molecule has 24 heavy (non-hydrogen) atoms. The number of nitrogens with zero attached hydrogens (tertiary/aromatic N) is 1. The lowest BCUT2D eigenvalue weighted by Gasteiger charge is -2.31. The molecule has 1 aromatic carbocycles. The molecule has 0 aliphatic heterocycles. The van der Waals surface area contributed by atoms with Gasteiger partial charge in [0.25, 0.3) is 0 Å². The Hall–Kier alpha value is -1.39. The minimum Gasteiger partial charge on any atom is -0.395 e. The Morgan fingerprint density at radius 2 is 1.83 bits per heavy atom. The highest BCUT2D eigenvalue weighted by molar-refractivity contribution is 5.78. The fraction of sp³-hybridized carbons (Fsp3) is 0.650. The van der Waals surface area contributed by atoms with E-state index in [0.717, 1.165) is 19.4 Å². The Labute approximate surface area is 145 Å². The molecule has 3 rings (SSSR count). The number of hydrogen-bond donors (Lipinski definition) is 2. The zero-order valence-electron chi connectivity index (χ0n) is 14.5. The summed E-state index contributed by atoms with van der Waals surface area (Å²) in [6.07, 6.45) is 8.29. The van der Waals surface area contributed by atoms with Crippen LogP contribution in [0.5, 0.6) is 0 Å². The molecule has 1 atom stereocenters. The normalized spacial score (nSPS) is 20.1. The maximum absolute atomic E-state index is 12.5. The summed E-state index contributed by atoms with van der Waals surface area (Å²) in [5.41, 5.74) is 1.20. The van der Waals surface area contributed by atoms with E-state index in [1.807, 2.05) is 18.2 Å². The van der Waals surface area contributed by atoms with E-state index >= 15 is 0 Å². The molecule has 2 aliphatic carbocycles. The van der Waals surface area contributed by atoms with E-state index in [0.29, 0.717) is 18.5 Å². The smallest absolute Gasteiger partial charge is 0.234 e. The standard InChI is InChI=1S/C20H30N2O2/c23-15-19(17-11-12-17)22(13-16-7-3-1-4-8-16)14-20(24)21-18-9-5-2-6-10-18/h1,3-4,7-8,17-19,23H,2,5-6,9-15H2,(H,21,24). The molecule has 2 N–H and O–H groups in total. The van der Waals surface area contributed by atoms with Crippen LogP contribution in [0.25, 0.3) is 0 Å². The fourth-order valence-corrected chi connectivity index (χ4v) is 3.86. The molecule has 1 unspecified atom stereocenters. The molecule has 0 saturated heterocycles. The third-order valence-electron chi connectivity index (χ3n) is 5.37. The van der Waals surface area contributed by atoms with Crippen molar-refractivity contribution < 1.29 is 9.90 Å². The average molecular weight is 330 g/mol. The molecule has 1 amide bonds. The first kappa shape index (κ1) is 17.4. The molecule has 2 fully saturated rings. The molecule has 0 radical (unpaired) electrons. The van der Waals surface area contributed by atoms with Gasteiger partial charge < -0.3 is 10.4 Å². The summed E-state index contributed by atoms with van der Waals surface area (Å²) < 4.78 is 0. The van der Waals surface area contributed by atoms with Crippen molar-refractivity contribution in [3.8, 4) is 0 Å². The summed E-state index contributed by atoms with van der Waals surface area (Å²) in [4.78, 5) is 14.7. The van der Waals surface area contributed by atoms with Crippen molar-refractivity contribution in [1.82, 2.24) is 10.2 Å². The van der Waals surface area contributed by atoms with Crippen molar-refractivity contribution in [2.45, 2.75) is 63.6 Å². The molecule has 2 saturated carbocycles. The van der Waals surface area contributed by atoms with Crippen LogP contribution in [0.4, 0.5) is 0 Å². The van der Waals surface area contributed by atoms with E-state index in [2.05, 4.69) is 22.3 Å². The Morgan fingerprint density at radius 3 is 2.46 bits per heavy atom. The molecule has 0 aromatic heterocycles. The van der Waals surface area contributed by atoms with Crippen LogP contribution in [0.2, 0.25) is 0 Å². The summed E-state index contributed by atoms with van der Waals surface area (Å²) in [5.74, 6) is 0.651. The summed E-state index contributed by atoms with van der Waals surface area (Å²) in [6, 6.07) is 10.7. The lowest BCUT2D eigenvalue weighted by atomic mass is 9.95. The zero-order valence-corrected chi connectivity index (χ0v) is 14.5. The number of hydrogen-bond acceptors (Lipinski definition) is 3. The number of aliphatic hydroxyl groups is 1. The van der Waals surface area contributed by atoms with Gasteiger partial charge in [-0.2, -0.15) is 0 Å². The van der Waals surface area contributed by atoms with Crippen LogP contribution in [0.3, 0.4) is 0 Å². The van der Waals surface area contributed by atoms with Gasteiger partial charge in [0, 0.05) is 18.6 Å². The number of nitrogens with one attached hydrogen (secondary N) is 1. The summed E-state index contributed by atoms with van der Waals surface area (Å²) in [7, 11) is 0. The number of carbonyl (C=O) groups is 1. The van der Waals surface area contributed by atoms with E-state index in [-0.39, 0.29) is 18.6 Å². The highest BCUT2D eigenvalue weighted by Gasteiger charge is 2.35. The van der Waals surface area contributed by atoms with Crippen LogP contribution in [0.15, 0.2) is 30.3 Å². The van der Waals surface area contributed by atoms with Crippen LogP contribution in [0, 0.1) is 5.92 Å². The number of rotatable bonds is 8. The first-order valence-corrected chi connectivity index (χ1v) is 9.44. The number of carbonyl (C=O) groups excluding carboxylic acids is 1. The van der Waals surface area contributed by atoms with Crippen LogP contribution < -0.4 is 5.32 Å². The molecular weight excluding hydrogens is 300 g/mol. The van der Waals surface area contributed by atoms with Crippen molar-refractivity contribution in [2.24, 2.45) is 5.92 Å². The van der Waals surface area contributed by atoms with Crippen LogP contribution in [-0.2, 0) is 11.3 Å². The largest absolute Gasteiger partial charge is 0.395 e.